The van der Waals surface area contributed by atoms with Gasteiger partial charge in [0.1, 0.15) is 0 Å². The molecular formula is C54H34B2O2. The highest BCUT2D eigenvalue weighted by Gasteiger charge is 2.55. The molecule has 8 aromatic rings. The number of carbonyl (C=O) groups excluding carboxylic acids is 2. The number of benzene rings is 8. The highest BCUT2D eigenvalue weighted by Crippen LogP contribution is 2.46. The van der Waals surface area contributed by atoms with Gasteiger partial charge in [0, 0.05) is 27.8 Å². The normalized spacial score (nSPS) is 15.0. The van der Waals surface area contributed by atoms with Crippen LogP contribution in [0.25, 0.3) is 71.6 Å². The van der Waals surface area contributed by atoms with E-state index in [-0.39, 0.29) is 25.0 Å². The van der Waals surface area contributed by atoms with E-state index >= 15 is 9.59 Å². The first kappa shape index (κ1) is 32.3. The summed E-state index contributed by atoms with van der Waals surface area (Å²) < 4.78 is 0. The lowest BCUT2D eigenvalue weighted by Crippen LogP contribution is -2.81. The van der Waals surface area contributed by atoms with Gasteiger partial charge in [0.25, 0.3) is 0 Å². The Morgan fingerprint density at radius 3 is 1.50 bits per heavy atom. The van der Waals surface area contributed by atoms with E-state index in [9.17, 15) is 0 Å². The molecule has 0 radical (unpaired) electrons. The van der Waals surface area contributed by atoms with Gasteiger partial charge in [-0.2, -0.15) is 0 Å². The van der Waals surface area contributed by atoms with E-state index in [1.165, 1.54) is 49.4 Å². The zero-order valence-electron chi connectivity index (χ0n) is 32.2. The summed E-state index contributed by atoms with van der Waals surface area (Å²) in [4.78, 5) is 31.7. The molecule has 0 saturated carbocycles. The molecule has 1 aliphatic carbocycles. The fraction of sp³-hybridized carbons (Fsp3) is 0.0741. The van der Waals surface area contributed by atoms with Crippen LogP contribution in [-0.4, -0.2) is 25.0 Å². The van der Waals surface area contributed by atoms with E-state index in [1.807, 2.05) is 38.1 Å². The fourth-order valence-corrected chi connectivity index (χ4v) is 11.9. The number of rotatable bonds is 3. The number of hydrogen-bond donors (Lipinski definition) is 0. The maximum Gasteiger partial charge on any atom is 0.243 e. The lowest BCUT2D eigenvalue weighted by Gasteiger charge is -2.47. The Balaban J connectivity index is 0.00000173. The molecule has 0 bridgehead atoms. The van der Waals surface area contributed by atoms with Crippen LogP contribution < -0.4 is 32.8 Å². The monoisotopic (exact) mass is 736 g/mol. The predicted octanol–water partition coefficient (Wildman–Crippen LogP) is 8.48. The van der Waals surface area contributed by atoms with Crippen LogP contribution in [0.4, 0.5) is 0 Å². The predicted molar refractivity (Wildman–Crippen MR) is 244 cm³/mol. The standard InChI is InChI=1S/C52H28B2O2.C2H6/c55-51-37-25-30(27-13-4-1-5-14-27)26-38-46(37)54-49-43(51)39(28-15-6-2-7-16-28)35-23-10-19-31-33-21-12-22-34-32-20-11-24-36-40(29-17-8-3-9-18-29)44(52(38)56)50(54)48(42(32)36)53(45(33)34)47(49)41(31)35;1-2/h1-2,4-8,10-26H,3,9H2;1-2H3. The molecule has 4 heteroatoms. The van der Waals surface area contributed by atoms with Crippen LogP contribution in [0.1, 0.15) is 64.1 Å². The molecule has 0 N–H and O–H groups in total. The van der Waals surface area contributed by atoms with Crippen molar-refractivity contribution < 1.29 is 9.59 Å². The van der Waals surface area contributed by atoms with Crippen LogP contribution in [0.15, 0.2) is 146 Å². The lowest BCUT2D eigenvalue weighted by molar-refractivity contribution is 0.103. The van der Waals surface area contributed by atoms with Gasteiger partial charge in [-0.25, -0.2) is 0 Å². The summed E-state index contributed by atoms with van der Waals surface area (Å²) in [5.74, 6) is 0.0463. The molecule has 0 amide bonds. The van der Waals surface area contributed by atoms with Crippen molar-refractivity contribution in [1.82, 2.24) is 0 Å². The molecule has 6 aliphatic rings. The maximum atomic E-state index is 15.8. The smallest absolute Gasteiger partial charge is 0.243 e. The molecule has 5 aliphatic heterocycles. The van der Waals surface area contributed by atoms with Crippen LogP contribution in [0.5, 0.6) is 0 Å². The first-order valence-corrected chi connectivity index (χ1v) is 20.8. The van der Waals surface area contributed by atoms with Crippen molar-refractivity contribution in [3.05, 3.63) is 173 Å². The van der Waals surface area contributed by atoms with Crippen molar-refractivity contribution in [2.24, 2.45) is 0 Å². The quantitative estimate of drug-likeness (QED) is 0.171. The first-order valence-electron chi connectivity index (χ1n) is 20.8. The van der Waals surface area contributed by atoms with Crippen molar-refractivity contribution >= 4 is 84.9 Å². The molecule has 14 rings (SSSR count). The van der Waals surface area contributed by atoms with E-state index < -0.39 is 0 Å². The van der Waals surface area contributed by atoms with Gasteiger partial charge in [-0.1, -0.05) is 175 Å². The minimum absolute atomic E-state index is 0.0157. The Hall–Kier alpha value is -6.77. The zero-order valence-corrected chi connectivity index (χ0v) is 32.2. The summed E-state index contributed by atoms with van der Waals surface area (Å²) in [6.45, 7) is 3.64. The van der Waals surface area contributed by atoms with Crippen molar-refractivity contribution in [2.45, 2.75) is 26.7 Å². The van der Waals surface area contributed by atoms with Gasteiger partial charge in [0.2, 0.25) is 13.4 Å². The molecular weight excluding hydrogens is 702 g/mol. The minimum atomic E-state index is -0.261. The van der Waals surface area contributed by atoms with Crippen molar-refractivity contribution in [1.29, 1.82) is 0 Å². The Kier molecular flexibility index (Phi) is 6.37. The molecule has 0 spiro atoms. The maximum absolute atomic E-state index is 15.8. The zero-order chi connectivity index (χ0) is 38.6. The van der Waals surface area contributed by atoms with Gasteiger partial charge >= 0.3 is 0 Å². The molecule has 0 unspecified atom stereocenters. The van der Waals surface area contributed by atoms with Crippen LogP contribution in [0, 0.1) is 0 Å². The Morgan fingerprint density at radius 1 is 0.414 bits per heavy atom. The third-order valence-corrected chi connectivity index (χ3v) is 13.8. The minimum Gasteiger partial charge on any atom is -0.289 e. The van der Waals surface area contributed by atoms with Gasteiger partial charge in [0.15, 0.2) is 11.6 Å². The summed E-state index contributed by atoms with van der Waals surface area (Å²) in [5.41, 5.74) is 21.0. The first-order chi connectivity index (χ1) is 28.7. The number of carbonyl (C=O) groups is 2. The topological polar surface area (TPSA) is 34.1 Å². The van der Waals surface area contributed by atoms with E-state index in [0.29, 0.717) is 11.1 Å². The SMILES string of the molecule is CC.O=C1c2cc(-c3ccccc3)cc3c2B2c4c1c(C1=CCCC=C1)c1cccc5c1c4B1c4c-5cccc4-c4cccc5c(-c6ccccc6)c(c2c1c45)C3=O. The van der Waals surface area contributed by atoms with Gasteiger partial charge in [0.05, 0.1) is 0 Å². The number of allylic oxidation sites excluding steroid dienone is 4. The molecule has 8 aromatic carbocycles. The molecule has 0 aromatic heterocycles. The van der Waals surface area contributed by atoms with Crippen LogP contribution >= 0.6 is 0 Å². The van der Waals surface area contributed by atoms with Gasteiger partial charge < -0.3 is 0 Å². The highest BCUT2D eigenvalue weighted by molar-refractivity contribution is 7.16. The van der Waals surface area contributed by atoms with Gasteiger partial charge in [-0.05, 0) is 102 Å². The second-order valence-corrected chi connectivity index (χ2v) is 16.3. The summed E-state index contributed by atoms with van der Waals surface area (Å²) in [5, 5.41) is 4.78. The number of ketones is 2. The van der Waals surface area contributed by atoms with E-state index in [0.717, 1.165) is 84.5 Å². The molecule has 268 valence electrons. The van der Waals surface area contributed by atoms with Crippen molar-refractivity contribution in [2.75, 3.05) is 0 Å². The molecule has 0 atom stereocenters. The summed E-state index contributed by atoms with van der Waals surface area (Å²) in [6, 6.07) is 45.2. The fourth-order valence-electron chi connectivity index (χ4n) is 11.9. The Morgan fingerprint density at radius 2 is 0.914 bits per heavy atom. The van der Waals surface area contributed by atoms with Crippen molar-refractivity contribution in [3.63, 3.8) is 0 Å². The van der Waals surface area contributed by atoms with Gasteiger partial charge in [-0.3, -0.25) is 9.59 Å². The number of fused-ring (bicyclic) bond motifs is 2. The van der Waals surface area contributed by atoms with Crippen LogP contribution in [-0.2, 0) is 0 Å². The Bertz CT molecular complexity index is 3340. The highest BCUT2D eigenvalue weighted by atomic mass is 16.1. The summed E-state index contributed by atoms with van der Waals surface area (Å²) >= 11 is 0. The molecule has 0 saturated heterocycles. The molecule has 2 nitrogen and oxygen atoms in total. The van der Waals surface area contributed by atoms with Gasteiger partial charge in [-0.15, -0.1) is 0 Å². The second kappa shape index (κ2) is 11.4. The average Bonchev–Trinajstić information content (AvgIpc) is 3.29. The third kappa shape index (κ3) is 3.73. The largest absolute Gasteiger partial charge is 0.289 e. The third-order valence-electron chi connectivity index (χ3n) is 13.8. The van der Waals surface area contributed by atoms with Crippen molar-refractivity contribution in [3.8, 4) is 44.5 Å². The molecule has 5 heterocycles. The molecule has 0 fully saturated rings. The van der Waals surface area contributed by atoms with E-state index in [1.54, 1.807) is 0 Å². The Labute approximate surface area is 337 Å². The second-order valence-electron chi connectivity index (χ2n) is 16.3. The lowest BCUT2D eigenvalue weighted by atomic mass is 9.15. The summed E-state index contributed by atoms with van der Waals surface area (Å²) in [6.07, 6.45) is 8.75. The van der Waals surface area contributed by atoms with E-state index in [2.05, 4.69) is 121 Å². The van der Waals surface area contributed by atoms with Crippen LogP contribution in [0.2, 0.25) is 0 Å². The number of hydrogen-bond acceptors (Lipinski definition) is 2. The summed E-state index contributed by atoms with van der Waals surface area (Å²) in [7, 11) is 0. The average molecular weight is 736 g/mol. The van der Waals surface area contributed by atoms with Crippen LogP contribution in [0.3, 0.4) is 0 Å². The molecule has 58 heavy (non-hydrogen) atoms. The van der Waals surface area contributed by atoms with E-state index in [4.69, 9.17) is 0 Å².